The van der Waals surface area contributed by atoms with Gasteiger partial charge in [0.1, 0.15) is 0 Å². The molecule has 6 heteroatoms. The van der Waals surface area contributed by atoms with E-state index in [2.05, 4.69) is 0 Å². The van der Waals surface area contributed by atoms with Gasteiger partial charge in [-0.2, -0.15) is 0 Å². The highest BCUT2D eigenvalue weighted by Gasteiger charge is 2.34. The Hall–Kier alpha value is -0.980. The van der Waals surface area contributed by atoms with Crippen LogP contribution in [-0.2, 0) is 9.47 Å². The summed E-state index contributed by atoms with van der Waals surface area (Å²) >= 11 is 1.48. The lowest BCUT2D eigenvalue weighted by molar-refractivity contribution is -0.535. The Bertz CT molecular complexity index is 409. The van der Waals surface area contributed by atoms with Crippen LogP contribution >= 0.6 is 11.3 Å². The third kappa shape index (κ3) is 3.75. The van der Waals surface area contributed by atoms with E-state index in [0.717, 1.165) is 24.1 Å². The van der Waals surface area contributed by atoms with E-state index in [9.17, 15) is 10.1 Å². The predicted octanol–water partition coefficient (Wildman–Crippen LogP) is 3.39. The van der Waals surface area contributed by atoms with Crippen molar-refractivity contribution in [2.24, 2.45) is 0 Å². The van der Waals surface area contributed by atoms with Gasteiger partial charge in [0.25, 0.3) is 0 Å². The second-order valence-electron chi connectivity index (χ2n) is 4.91. The van der Waals surface area contributed by atoms with Gasteiger partial charge in [-0.25, -0.2) is 0 Å². The van der Waals surface area contributed by atoms with Gasteiger partial charge in [-0.1, -0.05) is 6.07 Å². The van der Waals surface area contributed by atoms with Crippen molar-refractivity contribution in [1.82, 2.24) is 0 Å². The van der Waals surface area contributed by atoms with Crippen molar-refractivity contribution in [3.05, 3.63) is 32.5 Å². The highest BCUT2D eigenvalue weighted by Crippen LogP contribution is 2.31. The zero-order chi connectivity index (χ0) is 13.8. The van der Waals surface area contributed by atoms with Gasteiger partial charge in [0.05, 0.1) is 6.10 Å². The smallest absolute Gasteiger partial charge is 0.241 e. The maximum atomic E-state index is 11.0. The monoisotopic (exact) mass is 285 g/mol. The van der Waals surface area contributed by atoms with Crippen molar-refractivity contribution in [3.63, 3.8) is 0 Å². The minimum atomic E-state index is -0.778. The third-order valence-electron chi connectivity index (χ3n) is 3.33. The van der Waals surface area contributed by atoms with E-state index in [1.807, 2.05) is 24.4 Å². The maximum Gasteiger partial charge on any atom is 0.241 e. The average molecular weight is 285 g/mol. The van der Waals surface area contributed by atoms with Gasteiger partial charge < -0.3 is 9.47 Å². The second-order valence-corrected chi connectivity index (χ2v) is 5.88. The van der Waals surface area contributed by atoms with Gasteiger partial charge >= 0.3 is 0 Å². The number of ether oxygens (including phenoxy) is 2. The summed E-state index contributed by atoms with van der Waals surface area (Å²) in [5, 5.41) is 12.9. The van der Waals surface area contributed by atoms with Crippen molar-refractivity contribution >= 4 is 11.3 Å². The molecular weight excluding hydrogens is 266 g/mol. The van der Waals surface area contributed by atoms with E-state index >= 15 is 0 Å². The maximum absolute atomic E-state index is 11.0. The normalized spacial score (nSPS) is 26.8. The molecule has 0 N–H and O–H groups in total. The molecule has 5 nitrogen and oxygen atoms in total. The number of nitrogens with zero attached hydrogens (tertiary/aromatic N) is 1. The number of hydrogen-bond acceptors (Lipinski definition) is 5. The van der Waals surface area contributed by atoms with Crippen LogP contribution in [0.2, 0.25) is 0 Å². The van der Waals surface area contributed by atoms with E-state index in [4.69, 9.17) is 9.47 Å². The summed E-state index contributed by atoms with van der Waals surface area (Å²) in [7, 11) is 0. The summed E-state index contributed by atoms with van der Waals surface area (Å²) in [5.74, 6) is 0. The van der Waals surface area contributed by atoms with E-state index in [1.54, 1.807) is 6.92 Å². The number of rotatable bonds is 5. The Morgan fingerprint density at radius 3 is 2.95 bits per heavy atom. The molecule has 0 amide bonds. The van der Waals surface area contributed by atoms with Crippen LogP contribution in [0.5, 0.6) is 0 Å². The molecule has 0 saturated carbocycles. The molecule has 1 aliphatic rings. The first-order chi connectivity index (χ1) is 9.08. The standard InChI is InChI=1S/C13H19NO4S/c1-9-5-3-7-12(17-9)18-13(10(2)14(15)16)11-6-4-8-19-11/h4,6,8-10,12-13H,3,5,7H2,1-2H3/t9-,10-,12+,13-/m0/s1. The molecule has 1 fully saturated rings. The van der Waals surface area contributed by atoms with Gasteiger partial charge in [0.2, 0.25) is 6.04 Å². The average Bonchev–Trinajstić information content (AvgIpc) is 2.88. The molecule has 0 aliphatic carbocycles. The van der Waals surface area contributed by atoms with Gasteiger partial charge in [-0.05, 0) is 37.6 Å². The van der Waals surface area contributed by atoms with E-state index in [1.165, 1.54) is 11.3 Å². The van der Waals surface area contributed by atoms with Crippen LogP contribution in [0.4, 0.5) is 0 Å². The minimum Gasteiger partial charge on any atom is -0.350 e. The van der Waals surface area contributed by atoms with Gasteiger partial charge in [-0.15, -0.1) is 11.3 Å². The van der Waals surface area contributed by atoms with Crippen LogP contribution in [0.3, 0.4) is 0 Å². The number of hydrogen-bond donors (Lipinski definition) is 0. The minimum absolute atomic E-state index is 0.161. The van der Waals surface area contributed by atoms with Gasteiger partial charge in [0, 0.05) is 16.7 Å². The quantitative estimate of drug-likeness (QED) is 0.614. The van der Waals surface area contributed by atoms with Crippen molar-refractivity contribution in [2.45, 2.75) is 57.6 Å². The molecule has 0 aromatic carbocycles. The molecule has 0 unspecified atom stereocenters. The molecular formula is C13H19NO4S. The van der Waals surface area contributed by atoms with Gasteiger partial charge in [-0.3, -0.25) is 10.1 Å². The zero-order valence-electron chi connectivity index (χ0n) is 11.2. The molecule has 1 aromatic rings. The van der Waals surface area contributed by atoms with Crippen LogP contribution in [0.15, 0.2) is 17.5 Å². The summed E-state index contributed by atoms with van der Waals surface area (Å²) in [6.45, 7) is 3.59. The van der Waals surface area contributed by atoms with Crippen molar-refractivity contribution in [2.75, 3.05) is 0 Å². The van der Waals surface area contributed by atoms with E-state index < -0.39 is 12.1 Å². The lowest BCUT2D eigenvalue weighted by Crippen LogP contribution is -2.34. The van der Waals surface area contributed by atoms with Crippen LogP contribution in [0, 0.1) is 10.1 Å². The lowest BCUT2D eigenvalue weighted by atomic mass is 10.1. The van der Waals surface area contributed by atoms with Crippen LogP contribution in [-0.4, -0.2) is 23.4 Å². The Labute approximate surface area is 116 Å². The van der Waals surface area contributed by atoms with Crippen molar-refractivity contribution in [1.29, 1.82) is 0 Å². The summed E-state index contributed by atoms with van der Waals surface area (Å²) in [5.41, 5.74) is 0. The first-order valence-electron chi connectivity index (χ1n) is 6.55. The molecule has 1 saturated heterocycles. The van der Waals surface area contributed by atoms with E-state index in [-0.39, 0.29) is 17.3 Å². The van der Waals surface area contributed by atoms with Crippen LogP contribution < -0.4 is 0 Å². The van der Waals surface area contributed by atoms with E-state index in [0.29, 0.717) is 0 Å². The molecule has 1 aliphatic heterocycles. The van der Waals surface area contributed by atoms with Crippen molar-refractivity contribution in [3.8, 4) is 0 Å². The second kappa shape index (κ2) is 6.45. The van der Waals surface area contributed by atoms with Crippen LogP contribution in [0.1, 0.15) is 44.1 Å². The van der Waals surface area contributed by atoms with Crippen LogP contribution in [0.25, 0.3) is 0 Å². The SMILES string of the molecule is C[C@H]1CCC[C@@H](O[C@H](c2cccs2)[C@H](C)[N+](=O)[O-])O1. The molecule has 1 aromatic heterocycles. The molecule has 2 heterocycles. The molecule has 19 heavy (non-hydrogen) atoms. The summed E-state index contributed by atoms with van der Waals surface area (Å²) in [6.07, 6.45) is 2.15. The summed E-state index contributed by atoms with van der Waals surface area (Å²) in [4.78, 5) is 11.6. The zero-order valence-corrected chi connectivity index (χ0v) is 12.0. The number of nitro groups is 1. The fourth-order valence-corrected chi connectivity index (χ4v) is 3.07. The summed E-state index contributed by atoms with van der Waals surface area (Å²) < 4.78 is 11.6. The molecule has 0 spiro atoms. The topological polar surface area (TPSA) is 61.6 Å². The molecule has 4 atom stereocenters. The first-order valence-corrected chi connectivity index (χ1v) is 7.43. The Balaban J connectivity index is 2.07. The summed E-state index contributed by atoms with van der Waals surface area (Å²) in [6, 6.07) is 2.98. The Kier molecular flexibility index (Phi) is 4.90. The molecule has 2 rings (SSSR count). The predicted molar refractivity (Wildman–Crippen MR) is 72.8 cm³/mol. The Morgan fingerprint density at radius 1 is 1.58 bits per heavy atom. The molecule has 106 valence electrons. The van der Waals surface area contributed by atoms with Crippen molar-refractivity contribution < 1.29 is 14.4 Å². The highest BCUT2D eigenvalue weighted by atomic mass is 32.1. The van der Waals surface area contributed by atoms with Gasteiger partial charge in [0.15, 0.2) is 12.4 Å². The lowest BCUT2D eigenvalue weighted by Gasteiger charge is -2.30. The molecule has 0 radical (unpaired) electrons. The third-order valence-corrected chi connectivity index (χ3v) is 4.26. The molecule has 0 bridgehead atoms. The fraction of sp³-hybridized carbons (Fsp3) is 0.692. The largest absolute Gasteiger partial charge is 0.350 e. The highest BCUT2D eigenvalue weighted by molar-refractivity contribution is 7.10. The first kappa shape index (κ1) is 14.4. The fourth-order valence-electron chi connectivity index (χ4n) is 2.21. The number of thiophene rings is 1. The Morgan fingerprint density at radius 2 is 2.37 bits per heavy atom.